The van der Waals surface area contributed by atoms with Crippen LogP contribution in [-0.2, 0) is 4.74 Å². The lowest BCUT2D eigenvalue weighted by molar-refractivity contribution is 0.0651. The number of nitrogens with one attached hydrogen (secondary N) is 1. The predicted octanol–water partition coefficient (Wildman–Crippen LogP) is 3.10. The quantitative estimate of drug-likeness (QED) is 0.903. The number of ether oxygens (including phenoxy) is 1. The predicted molar refractivity (Wildman–Crippen MR) is 84.3 cm³/mol. The smallest absolute Gasteiger partial charge is 0.0971 e. The van der Waals surface area contributed by atoms with Crippen molar-refractivity contribution in [3.05, 3.63) is 34.9 Å². The summed E-state index contributed by atoms with van der Waals surface area (Å²) in [5.74, 6) is 0. The molecule has 3 nitrogen and oxygen atoms in total. The van der Waals surface area contributed by atoms with Crippen molar-refractivity contribution in [3.8, 4) is 0 Å². The van der Waals surface area contributed by atoms with Gasteiger partial charge in [-0.25, -0.2) is 0 Å². The molecule has 112 valence electrons. The molecule has 2 atom stereocenters. The average Bonchev–Trinajstić information content (AvgIpc) is 2.44. The van der Waals surface area contributed by atoms with E-state index in [-0.39, 0.29) is 12.1 Å². The second kappa shape index (κ2) is 7.41. The summed E-state index contributed by atoms with van der Waals surface area (Å²) in [7, 11) is 3.96. The summed E-state index contributed by atoms with van der Waals surface area (Å²) in [6, 6.07) is 8.81. The van der Waals surface area contributed by atoms with Crippen LogP contribution in [0.5, 0.6) is 0 Å². The Bertz CT molecular complexity index is 401. The summed E-state index contributed by atoms with van der Waals surface area (Å²) >= 11 is 5.95. The van der Waals surface area contributed by atoms with Crippen molar-refractivity contribution in [2.75, 3.05) is 27.2 Å². The van der Waals surface area contributed by atoms with Crippen LogP contribution < -0.4 is 5.32 Å². The van der Waals surface area contributed by atoms with Gasteiger partial charge in [0.05, 0.1) is 6.10 Å². The van der Waals surface area contributed by atoms with Crippen LogP contribution in [0.2, 0.25) is 5.02 Å². The molecule has 1 aliphatic heterocycles. The van der Waals surface area contributed by atoms with Crippen molar-refractivity contribution in [2.24, 2.45) is 0 Å². The van der Waals surface area contributed by atoms with Gasteiger partial charge in [0.25, 0.3) is 0 Å². The highest BCUT2D eigenvalue weighted by Gasteiger charge is 2.23. The zero-order valence-corrected chi connectivity index (χ0v) is 13.4. The summed E-state index contributed by atoms with van der Waals surface area (Å²) in [5, 5.41) is 4.48. The SMILES string of the molecule is CO[C@H](c1ccc(Cl)cc1)[C@@H](C)NC1CCN(C)CC1. The molecule has 0 aromatic heterocycles. The molecule has 0 saturated carbocycles. The van der Waals surface area contributed by atoms with E-state index in [9.17, 15) is 0 Å². The summed E-state index contributed by atoms with van der Waals surface area (Å²) < 4.78 is 5.68. The summed E-state index contributed by atoms with van der Waals surface area (Å²) in [4.78, 5) is 2.38. The Morgan fingerprint density at radius 3 is 2.40 bits per heavy atom. The molecule has 1 aliphatic rings. The van der Waals surface area contributed by atoms with Crippen LogP contribution in [0.25, 0.3) is 0 Å². The van der Waals surface area contributed by atoms with Gasteiger partial charge >= 0.3 is 0 Å². The first kappa shape index (κ1) is 15.8. The number of halogens is 1. The Balaban J connectivity index is 1.95. The van der Waals surface area contributed by atoms with Gasteiger partial charge in [-0.1, -0.05) is 23.7 Å². The van der Waals surface area contributed by atoms with Crippen LogP contribution >= 0.6 is 11.6 Å². The number of piperidine rings is 1. The third-order valence-electron chi connectivity index (χ3n) is 4.12. The molecule has 0 aliphatic carbocycles. The van der Waals surface area contributed by atoms with Crippen LogP contribution in [-0.4, -0.2) is 44.2 Å². The molecule has 1 N–H and O–H groups in total. The molecule has 0 amide bonds. The first-order valence-corrected chi connectivity index (χ1v) is 7.71. The highest BCUT2D eigenvalue weighted by atomic mass is 35.5. The maximum absolute atomic E-state index is 5.95. The van der Waals surface area contributed by atoms with Gasteiger partial charge in [0.1, 0.15) is 0 Å². The second-order valence-corrected chi connectivity index (χ2v) is 6.18. The zero-order valence-electron chi connectivity index (χ0n) is 12.6. The van der Waals surface area contributed by atoms with Gasteiger partial charge in [0.2, 0.25) is 0 Å². The first-order valence-electron chi connectivity index (χ1n) is 7.33. The fourth-order valence-corrected chi connectivity index (χ4v) is 3.04. The first-order chi connectivity index (χ1) is 9.60. The van der Waals surface area contributed by atoms with Gasteiger partial charge in [-0.15, -0.1) is 0 Å². The standard InChI is InChI=1S/C16H25ClN2O/c1-12(18-15-8-10-19(2)11-9-15)16(20-3)13-4-6-14(17)7-5-13/h4-7,12,15-16,18H,8-11H2,1-3H3/t12-,16+/m1/s1. The lowest BCUT2D eigenvalue weighted by atomic mass is 9.99. The third-order valence-corrected chi connectivity index (χ3v) is 4.38. The Labute approximate surface area is 127 Å². The molecule has 1 fully saturated rings. The number of hydrogen-bond acceptors (Lipinski definition) is 3. The van der Waals surface area contributed by atoms with Crippen LogP contribution in [0.4, 0.5) is 0 Å². The number of nitrogens with zero attached hydrogens (tertiary/aromatic N) is 1. The van der Waals surface area contributed by atoms with Gasteiger partial charge in [-0.2, -0.15) is 0 Å². The van der Waals surface area contributed by atoms with Crippen molar-refractivity contribution in [3.63, 3.8) is 0 Å². The number of hydrogen-bond donors (Lipinski definition) is 1. The molecule has 4 heteroatoms. The van der Waals surface area contributed by atoms with Gasteiger partial charge in [0.15, 0.2) is 0 Å². The molecule has 1 saturated heterocycles. The molecule has 20 heavy (non-hydrogen) atoms. The Kier molecular flexibility index (Phi) is 5.85. The largest absolute Gasteiger partial charge is 0.375 e. The average molecular weight is 297 g/mol. The molecule has 0 radical (unpaired) electrons. The van der Waals surface area contributed by atoms with Crippen molar-refractivity contribution in [2.45, 2.75) is 38.0 Å². The molecule has 1 heterocycles. The second-order valence-electron chi connectivity index (χ2n) is 5.74. The van der Waals surface area contributed by atoms with Crippen molar-refractivity contribution >= 4 is 11.6 Å². The van der Waals surface area contributed by atoms with Gasteiger partial charge in [0, 0.05) is 24.2 Å². The number of benzene rings is 1. The van der Waals surface area contributed by atoms with E-state index in [1.807, 2.05) is 24.3 Å². The summed E-state index contributed by atoms with van der Waals surface area (Å²) in [6.45, 7) is 4.53. The van der Waals surface area contributed by atoms with Gasteiger partial charge in [-0.3, -0.25) is 0 Å². The maximum Gasteiger partial charge on any atom is 0.0971 e. The lowest BCUT2D eigenvalue weighted by Crippen LogP contribution is -2.46. The van der Waals surface area contributed by atoms with E-state index in [1.54, 1.807) is 7.11 Å². The minimum Gasteiger partial charge on any atom is -0.375 e. The van der Waals surface area contributed by atoms with Crippen molar-refractivity contribution in [1.82, 2.24) is 10.2 Å². The van der Waals surface area contributed by atoms with Crippen molar-refractivity contribution in [1.29, 1.82) is 0 Å². The molecular formula is C16H25ClN2O. The highest BCUT2D eigenvalue weighted by Crippen LogP contribution is 2.23. The van der Waals surface area contributed by atoms with E-state index in [2.05, 4.69) is 24.2 Å². The topological polar surface area (TPSA) is 24.5 Å². The van der Waals surface area contributed by atoms with Crippen molar-refractivity contribution < 1.29 is 4.74 Å². The Hall–Kier alpha value is -0.610. The molecule has 1 aromatic rings. The monoisotopic (exact) mass is 296 g/mol. The lowest BCUT2D eigenvalue weighted by Gasteiger charge is -2.34. The fourth-order valence-electron chi connectivity index (χ4n) is 2.92. The molecular weight excluding hydrogens is 272 g/mol. The van der Waals surface area contributed by atoms with Crippen LogP contribution in [0.3, 0.4) is 0 Å². The molecule has 0 spiro atoms. The van der Waals surface area contributed by atoms with Crippen LogP contribution in [0.1, 0.15) is 31.4 Å². The van der Waals surface area contributed by atoms with E-state index >= 15 is 0 Å². The minimum absolute atomic E-state index is 0.0620. The van der Waals surface area contributed by atoms with E-state index < -0.39 is 0 Å². The molecule has 1 aromatic carbocycles. The van der Waals surface area contributed by atoms with E-state index in [1.165, 1.54) is 31.5 Å². The number of rotatable bonds is 5. The number of methoxy groups -OCH3 is 1. The molecule has 0 bridgehead atoms. The van der Waals surface area contributed by atoms with Crippen LogP contribution in [0.15, 0.2) is 24.3 Å². The maximum atomic E-state index is 5.95. The summed E-state index contributed by atoms with van der Waals surface area (Å²) in [5.41, 5.74) is 1.17. The minimum atomic E-state index is 0.0620. The third kappa shape index (κ3) is 4.19. The highest BCUT2D eigenvalue weighted by molar-refractivity contribution is 6.30. The van der Waals surface area contributed by atoms with E-state index in [0.29, 0.717) is 6.04 Å². The van der Waals surface area contributed by atoms with Gasteiger partial charge in [-0.05, 0) is 57.6 Å². The molecule has 0 unspecified atom stereocenters. The summed E-state index contributed by atoms with van der Waals surface area (Å²) in [6.07, 6.45) is 2.47. The molecule has 2 rings (SSSR count). The fraction of sp³-hybridized carbons (Fsp3) is 0.625. The Morgan fingerprint density at radius 2 is 1.85 bits per heavy atom. The Morgan fingerprint density at radius 1 is 1.25 bits per heavy atom. The zero-order chi connectivity index (χ0) is 14.5. The normalized spacial score (nSPS) is 20.8. The van der Waals surface area contributed by atoms with Gasteiger partial charge < -0.3 is 15.0 Å². The van der Waals surface area contributed by atoms with Crippen LogP contribution in [0, 0.1) is 0 Å². The van der Waals surface area contributed by atoms with E-state index in [4.69, 9.17) is 16.3 Å². The van der Waals surface area contributed by atoms with E-state index in [0.717, 1.165) is 5.02 Å². The number of likely N-dealkylation sites (tertiary alicyclic amines) is 1.